The van der Waals surface area contributed by atoms with Crippen LogP contribution in [0.4, 0.5) is 8.78 Å². The third kappa shape index (κ3) is 12.2. The van der Waals surface area contributed by atoms with Gasteiger partial charge in [0.2, 0.25) is 0 Å². The highest BCUT2D eigenvalue weighted by Crippen LogP contribution is 2.39. The van der Waals surface area contributed by atoms with Gasteiger partial charge in [0.15, 0.2) is 0 Å². The van der Waals surface area contributed by atoms with Crippen LogP contribution < -0.4 is 9.47 Å². The van der Waals surface area contributed by atoms with Crippen LogP contribution in [0.3, 0.4) is 0 Å². The van der Waals surface area contributed by atoms with Crippen molar-refractivity contribution in [1.29, 1.82) is 0 Å². The van der Waals surface area contributed by atoms with Gasteiger partial charge >= 0.3 is 11.9 Å². The van der Waals surface area contributed by atoms with E-state index in [9.17, 15) is 18.4 Å². The highest BCUT2D eigenvalue weighted by molar-refractivity contribution is 9.10. The first-order valence-electron chi connectivity index (χ1n) is 20.8. The third-order valence-electron chi connectivity index (χ3n) is 10.9. The predicted molar refractivity (Wildman–Crippen MR) is 250 cm³/mol. The number of halogens is 3. The van der Waals surface area contributed by atoms with Crippen LogP contribution in [0.25, 0.3) is 27.8 Å². The van der Waals surface area contributed by atoms with E-state index in [1.165, 1.54) is 44.1 Å². The maximum atomic E-state index is 14.2. The Morgan fingerprint density at radius 1 is 0.635 bits per heavy atom. The number of hydrogen-bond donors (Lipinski definition) is 0. The van der Waals surface area contributed by atoms with E-state index in [2.05, 4.69) is 32.8 Å². The SMILES string of the molecule is C/C=C/C(=O)OC.COC(=O)/C=C(\C)c1ccc2c(c1)OC(c1ccc(-c3cc(C)ccc3F)cc1)CC2.Cc1ccc(F)c(-c2ccc(C3CCc4ccc(Br)cc4O3)cc2)c1. The summed E-state index contributed by atoms with van der Waals surface area (Å²) >= 11 is 3.50. The molecule has 0 radical (unpaired) electrons. The van der Waals surface area contributed by atoms with Crippen molar-refractivity contribution in [3.8, 4) is 33.8 Å². The fourth-order valence-electron chi connectivity index (χ4n) is 7.43. The van der Waals surface area contributed by atoms with Crippen molar-refractivity contribution in [2.75, 3.05) is 14.2 Å². The molecule has 0 spiro atoms. The Labute approximate surface area is 377 Å². The van der Waals surface area contributed by atoms with Crippen molar-refractivity contribution in [2.45, 2.75) is 65.6 Å². The van der Waals surface area contributed by atoms with Crippen molar-refractivity contribution in [3.63, 3.8) is 0 Å². The van der Waals surface area contributed by atoms with Crippen molar-refractivity contribution in [1.82, 2.24) is 0 Å². The predicted octanol–water partition coefficient (Wildman–Crippen LogP) is 13.8. The summed E-state index contributed by atoms with van der Waals surface area (Å²) in [5, 5.41) is 0. The van der Waals surface area contributed by atoms with Crippen LogP contribution in [0.5, 0.6) is 11.5 Å². The Morgan fingerprint density at radius 2 is 1.11 bits per heavy atom. The molecule has 2 aliphatic rings. The van der Waals surface area contributed by atoms with E-state index in [4.69, 9.17) is 14.2 Å². The molecule has 0 saturated heterocycles. The highest BCUT2D eigenvalue weighted by Gasteiger charge is 2.23. The van der Waals surface area contributed by atoms with Crippen LogP contribution >= 0.6 is 15.9 Å². The first kappa shape index (κ1) is 46.2. The fraction of sp³-hybridized carbons (Fsp3) is 0.222. The number of carbonyl (C=O) groups excluding carboxylic acids is 2. The summed E-state index contributed by atoms with van der Waals surface area (Å²) < 4.78 is 50.8. The standard InChI is InChI=1S/C27H25FO3.C22H18BrFO.C5H8O2/c1-17-4-12-24(28)23(14-17)19-5-7-20(8-6-19)25-13-11-21-9-10-22(16-26(21)31-25)18(2)15-27(29)30-3;1-14-2-10-20(24)19(12-14)15-3-5-16(6-4-15)21-11-8-17-7-9-18(23)13-22(17)25-21;1-3-4-5(6)7-2/h4-10,12,14-16,25H,11,13H2,1-3H3;2-7,9-10,12-13,21H,8,11H2,1H3;3-4H,1-2H3/b18-15+;;4-3+. The molecule has 6 nitrogen and oxygen atoms in total. The van der Waals surface area contributed by atoms with Crippen molar-refractivity contribution in [3.05, 3.63) is 195 Å². The molecule has 0 aromatic heterocycles. The van der Waals surface area contributed by atoms with Crippen LogP contribution in [-0.2, 0) is 31.9 Å². The zero-order valence-corrected chi connectivity index (χ0v) is 37.9. The highest BCUT2D eigenvalue weighted by atomic mass is 79.9. The molecule has 0 saturated carbocycles. The van der Waals surface area contributed by atoms with Gasteiger partial charge in [0.05, 0.1) is 14.2 Å². The van der Waals surface area contributed by atoms with Gasteiger partial charge in [-0.15, -0.1) is 0 Å². The van der Waals surface area contributed by atoms with Crippen molar-refractivity contribution >= 4 is 33.4 Å². The second-order valence-electron chi connectivity index (χ2n) is 15.4. The van der Waals surface area contributed by atoms with Crippen molar-refractivity contribution < 1.29 is 37.3 Å². The summed E-state index contributed by atoms with van der Waals surface area (Å²) in [6.45, 7) is 7.57. The number of hydrogen-bond acceptors (Lipinski definition) is 6. The molecule has 324 valence electrons. The molecule has 0 aliphatic carbocycles. The van der Waals surface area contributed by atoms with E-state index in [1.807, 2.05) is 106 Å². The van der Waals surface area contributed by atoms with E-state index < -0.39 is 0 Å². The molecule has 2 heterocycles. The molecule has 63 heavy (non-hydrogen) atoms. The van der Waals surface area contributed by atoms with E-state index >= 15 is 0 Å². The number of fused-ring (bicyclic) bond motifs is 2. The second-order valence-corrected chi connectivity index (χ2v) is 16.4. The maximum absolute atomic E-state index is 14.2. The summed E-state index contributed by atoms with van der Waals surface area (Å²) in [6.07, 6.45) is 8.18. The molecule has 2 aliphatic heterocycles. The normalized spacial score (nSPS) is 15.2. The van der Waals surface area contributed by atoms with Gasteiger partial charge in [0.1, 0.15) is 35.3 Å². The van der Waals surface area contributed by atoms with Gasteiger partial charge < -0.3 is 18.9 Å². The second kappa shape index (κ2) is 21.7. The van der Waals surface area contributed by atoms with Gasteiger partial charge in [-0.1, -0.05) is 112 Å². The number of esters is 2. The summed E-state index contributed by atoms with van der Waals surface area (Å²) in [5.41, 5.74) is 11.4. The topological polar surface area (TPSA) is 71.1 Å². The molecule has 9 heteroatoms. The smallest absolute Gasteiger partial charge is 0.330 e. The fourth-order valence-corrected chi connectivity index (χ4v) is 7.77. The number of allylic oxidation sites excluding steroid dienone is 2. The summed E-state index contributed by atoms with van der Waals surface area (Å²) in [4.78, 5) is 21.6. The number of carbonyl (C=O) groups is 2. The Morgan fingerprint density at radius 3 is 1.57 bits per heavy atom. The summed E-state index contributed by atoms with van der Waals surface area (Å²) in [7, 11) is 2.72. The molecule has 6 aromatic carbocycles. The van der Waals surface area contributed by atoms with E-state index in [-0.39, 0.29) is 35.8 Å². The zero-order valence-electron chi connectivity index (χ0n) is 36.3. The average Bonchev–Trinajstić information content (AvgIpc) is 3.30. The molecule has 2 unspecified atom stereocenters. The molecule has 0 N–H and O–H groups in total. The zero-order chi connectivity index (χ0) is 45.0. The Hall–Kier alpha value is -6.32. The third-order valence-corrected chi connectivity index (χ3v) is 11.4. The Bertz CT molecular complexity index is 2620. The molecule has 6 aromatic rings. The summed E-state index contributed by atoms with van der Waals surface area (Å²) in [6, 6.07) is 38.5. The first-order valence-corrected chi connectivity index (χ1v) is 21.6. The molecule has 0 bridgehead atoms. The number of rotatable bonds is 7. The molecule has 0 fully saturated rings. The average molecular weight is 914 g/mol. The lowest BCUT2D eigenvalue weighted by Crippen LogP contribution is -2.15. The lowest BCUT2D eigenvalue weighted by molar-refractivity contribution is -0.135. The van der Waals surface area contributed by atoms with Gasteiger partial charge in [0, 0.05) is 27.8 Å². The monoisotopic (exact) mass is 912 g/mol. The molecule has 0 amide bonds. The maximum Gasteiger partial charge on any atom is 0.330 e. The Balaban J connectivity index is 0.000000185. The quantitative estimate of drug-likeness (QED) is 0.117. The van der Waals surface area contributed by atoms with E-state index in [1.54, 1.807) is 25.1 Å². The van der Waals surface area contributed by atoms with E-state index in [0.29, 0.717) is 11.1 Å². The van der Waals surface area contributed by atoms with Gasteiger partial charge in [-0.2, -0.15) is 0 Å². The lowest BCUT2D eigenvalue weighted by atomic mass is 9.94. The Kier molecular flexibility index (Phi) is 15.9. The van der Waals surface area contributed by atoms with Crippen LogP contribution in [0.2, 0.25) is 0 Å². The summed E-state index contributed by atoms with van der Waals surface area (Å²) in [5.74, 6) is 0.691. The van der Waals surface area contributed by atoms with Crippen LogP contribution in [-0.4, -0.2) is 26.2 Å². The number of aryl methyl sites for hydroxylation is 4. The van der Waals surface area contributed by atoms with Gasteiger partial charge in [-0.25, -0.2) is 18.4 Å². The number of benzene rings is 6. The van der Waals surface area contributed by atoms with Crippen LogP contribution in [0, 0.1) is 25.5 Å². The molecular formula is C54H51BrF2O6. The molecule has 8 rings (SSSR count). The van der Waals surface area contributed by atoms with Gasteiger partial charge in [0.25, 0.3) is 0 Å². The van der Waals surface area contributed by atoms with Gasteiger partial charge in [-0.3, -0.25) is 0 Å². The first-order chi connectivity index (χ1) is 30.3. The van der Waals surface area contributed by atoms with Crippen LogP contribution in [0.15, 0.2) is 144 Å². The van der Waals surface area contributed by atoms with Crippen LogP contribution in [0.1, 0.15) is 77.8 Å². The van der Waals surface area contributed by atoms with E-state index in [0.717, 1.165) is 91.7 Å². The number of methoxy groups -OCH3 is 2. The molecule has 2 atom stereocenters. The number of ether oxygens (including phenoxy) is 4. The van der Waals surface area contributed by atoms with Crippen molar-refractivity contribution in [2.24, 2.45) is 0 Å². The molecular weight excluding hydrogens is 862 g/mol. The largest absolute Gasteiger partial charge is 0.485 e. The lowest BCUT2D eigenvalue weighted by Gasteiger charge is -2.27. The minimum absolute atomic E-state index is 0.0400. The van der Waals surface area contributed by atoms with Gasteiger partial charge in [-0.05, 0) is 140 Å². The minimum atomic E-state index is -0.376. The minimum Gasteiger partial charge on any atom is -0.485 e.